The Morgan fingerprint density at radius 1 is 1.00 bits per heavy atom. The number of halogens is 1. The summed E-state index contributed by atoms with van der Waals surface area (Å²) in [4.78, 5) is 5.16. The van der Waals surface area contributed by atoms with Crippen molar-refractivity contribution >= 4 is 17.3 Å². The highest BCUT2D eigenvalue weighted by Crippen LogP contribution is 2.28. The van der Waals surface area contributed by atoms with E-state index < -0.39 is 0 Å². The standard InChI is InChI=1S/C22H29ClN4/c1-16-4-3-5-21(17(16)2)27-12-10-26(11-13-27)15-19-14-24-25-22(19)18-6-8-20(23)9-7-18/h3-9,19,22,24-25H,10-15H2,1-2H3. The third-order valence-corrected chi connectivity index (χ3v) is 6.36. The first-order chi connectivity index (χ1) is 13.1. The summed E-state index contributed by atoms with van der Waals surface area (Å²) in [6, 6.07) is 15.2. The van der Waals surface area contributed by atoms with Crippen molar-refractivity contribution in [2.24, 2.45) is 5.92 Å². The second-order valence-electron chi connectivity index (χ2n) is 7.82. The molecule has 2 atom stereocenters. The van der Waals surface area contributed by atoms with Gasteiger partial charge >= 0.3 is 0 Å². The van der Waals surface area contributed by atoms with Crippen LogP contribution in [0.2, 0.25) is 5.02 Å². The molecule has 4 nitrogen and oxygen atoms in total. The van der Waals surface area contributed by atoms with Crippen LogP contribution in [0.15, 0.2) is 42.5 Å². The quantitative estimate of drug-likeness (QED) is 0.844. The smallest absolute Gasteiger partial charge is 0.0515 e. The zero-order valence-electron chi connectivity index (χ0n) is 16.2. The third-order valence-electron chi connectivity index (χ3n) is 6.10. The molecule has 2 fully saturated rings. The average molecular weight is 385 g/mol. The molecule has 0 saturated carbocycles. The van der Waals surface area contributed by atoms with E-state index in [4.69, 9.17) is 11.6 Å². The molecule has 2 saturated heterocycles. The van der Waals surface area contributed by atoms with Gasteiger partial charge in [-0.15, -0.1) is 0 Å². The number of piperazine rings is 1. The van der Waals surface area contributed by atoms with E-state index in [1.54, 1.807) is 0 Å². The van der Waals surface area contributed by atoms with Crippen LogP contribution in [0.25, 0.3) is 0 Å². The summed E-state index contributed by atoms with van der Waals surface area (Å²) in [7, 11) is 0. The Hall–Kier alpha value is -1.59. The van der Waals surface area contributed by atoms with Gasteiger partial charge in [0.2, 0.25) is 0 Å². The Labute approximate surface area is 167 Å². The number of aryl methyl sites for hydroxylation is 1. The maximum Gasteiger partial charge on any atom is 0.0515 e. The highest BCUT2D eigenvalue weighted by atomic mass is 35.5. The number of hydrogen-bond donors (Lipinski definition) is 2. The van der Waals surface area contributed by atoms with Gasteiger partial charge in [0.05, 0.1) is 6.04 Å². The molecule has 0 aliphatic carbocycles. The van der Waals surface area contributed by atoms with Gasteiger partial charge in [0, 0.05) is 55.9 Å². The second kappa shape index (κ2) is 8.19. The Morgan fingerprint density at radius 3 is 2.48 bits per heavy atom. The molecule has 5 heteroatoms. The summed E-state index contributed by atoms with van der Waals surface area (Å²) in [6.45, 7) is 11.0. The van der Waals surface area contributed by atoms with Crippen LogP contribution in [0.3, 0.4) is 0 Å². The van der Waals surface area contributed by atoms with Crippen molar-refractivity contribution in [2.75, 3.05) is 44.2 Å². The summed E-state index contributed by atoms with van der Waals surface area (Å²) in [6.07, 6.45) is 0. The van der Waals surface area contributed by atoms with Gasteiger partial charge in [0.1, 0.15) is 0 Å². The van der Waals surface area contributed by atoms with Crippen LogP contribution in [-0.2, 0) is 0 Å². The minimum Gasteiger partial charge on any atom is -0.369 e. The Bertz CT molecular complexity index is 768. The second-order valence-corrected chi connectivity index (χ2v) is 8.26. The van der Waals surface area contributed by atoms with Crippen molar-refractivity contribution < 1.29 is 0 Å². The molecular weight excluding hydrogens is 356 g/mol. The molecule has 0 radical (unpaired) electrons. The minimum atomic E-state index is 0.347. The van der Waals surface area contributed by atoms with Crippen molar-refractivity contribution in [3.63, 3.8) is 0 Å². The SMILES string of the molecule is Cc1cccc(N2CCN(CC3CNNC3c3ccc(Cl)cc3)CC2)c1C. The molecule has 144 valence electrons. The fourth-order valence-corrected chi connectivity index (χ4v) is 4.44. The summed E-state index contributed by atoms with van der Waals surface area (Å²) in [5.74, 6) is 0.568. The van der Waals surface area contributed by atoms with Gasteiger partial charge in [0.25, 0.3) is 0 Å². The normalized spacial score (nSPS) is 23.7. The van der Waals surface area contributed by atoms with Crippen molar-refractivity contribution in [3.8, 4) is 0 Å². The molecule has 2 aromatic carbocycles. The van der Waals surface area contributed by atoms with Crippen LogP contribution >= 0.6 is 11.6 Å². The summed E-state index contributed by atoms with van der Waals surface area (Å²) < 4.78 is 0. The maximum atomic E-state index is 6.05. The lowest BCUT2D eigenvalue weighted by Gasteiger charge is -2.38. The van der Waals surface area contributed by atoms with Crippen LogP contribution in [0.1, 0.15) is 22.7 Å². The van der Waals surface area contributed by atoms with Crippen LogP contribution in [0.4, 0.5) is 5.69 Å². The number of nitrogens with one attached hydrogen (secondary N) is 2. The van der Waals surface area contributed by atoms with Crippen molar-refractivity contribution in [1.82, 2.24) is 15.8 Å². The lowest BCUT2D eigenvalue weighted by atomic mass is 9.94. The topological polar surface area (TPSA) is 30.5 Å². The lowest BCUT2D eigenvalue weighted by Crippen LogP contribution is -2.48. The van der Waals surface area contributed by atoms with Gasteiger partial charge in [0.15, 0.2) is 0 Å². The first-order valence-corrected chi connectivity index (χ1v) is 10.3. The lowest BCUT2D eigenvalue weighted by molar-refractivity contribution is 0.214. The molecule has 0 bridgehead atoms. The third kappa shape index (κ3) is 4.14. The van der Waals surface area contributed by atoms with E-state index in [9.17, 15) is 0 Å². The van der Waals surface area contributed by atoms with Gasteiger partial charge in [-0.25, -0.2) is 5.43 Å². The molecule has 2 heterocycles. The zero-order valence-corrected chi connectivity index (χ0v) is 17.0. The van der Waals surface area contributed by atoms with E-state index in [-0.39, 0.29) is 0 Å². The van der Waals surface area contributed by atoms with E-state index in [0.717, 1.165) is 44.3 Å². The number of hydrogen-bond acceptors (Lipinski definition) is 4. The van der Waals surface area contributed by atoms with Gasteiger partial charge in [-0.3, -0.25) is 10.3 Å². The van der Waals surface area contributed by atoms with Crippen LogP contribution in [0, 0.1) is 19.8 Å². The zero-order chi connectivity index (χ0) is 18.8. The summed E-state index contributed by atoms with van der Waals surface area (Å²) in [5.41, 5.74) is 12.3. The molecule has 27 heavy (non-hydrogen) atoms. The maximum absolute atomic E-state index is 6.05. The average Bonchev–Trinajstić information content (AvgIpc) is 3.13. The predicted molar refractivity (Wildman–Crippen MR) is 113 cm³/mol. The monoisotopic (exact) mass is 384 g/mol. The summed E-state index contributed by atoms with van der Waals surface area (Å²) in [5, 5.41) is 0.795. The fourth-order valence-electron chi connectivity index (χ4n) is 4.31. The Kier molecular flexibility index (Phi) is 5.69. The molecule has 2 N–H and O–H groups in total. The van der Waals surface area contributed by atoms with E-state index in [1.165, 1.54) is 22.4 Å². The van der Waals surface area contributed by atoms with Crippen LogP contribution in [-0.4, -0.2) is 44.2 Å². The molecule has 2 aromatic rings. The number of nitrogens with zero attached hydrogens (tertiary/aromatic N) is 2. The van der Waals surface area contributed by atoms with Crippen molar-refractivity contribution in [1.29, 1.82) is 0 Å². The number of hydrazine groups is 1. The van der Waals surface area contributed by atoms with Crippen molar-refractivity contribution in [2.45, 2.75) is 19.9 Å². The van der Waals surface area contributed by atoms with Gasteiger partial charge < -0.3 is 4.90 Å². The Morgan fingerprint density at radius 2 is 1.74 bits per heavy atom. The van der Waals surface area contributed by atoms with Gasteiger partial charge in [-0.05, 0) is 48.7 Å². The molecule has 2 unspecified atom stereocenters. The van der Waals surface area contributed by atoms with E-state index in [2.05, 4.69) is 64.8 Å². The molecule has 0 spiro atoms. The number of benzene rings is 2. The van der Waals surface area contributed by atoms with E-state index >= 15 is 0 Å². The fraction of sp³-hybridized carbons (Fsp3) is 0.455. The predicted octanol–water partition coefficient (Wildman–Crippen LogP) is 3.54. The van der Waals surface area contributed by atoms with Gasteiger partial charge in [-0.1, -0.05) is 35.9 Å². The largest absolute Gasteiger partial charge is 0.369 e. The molecule has 2 aliphatic heterocycles. The van der Waals surface area contributed by atoms with E-state index in [0.29, 0.717) is 12.0 Å². The molecule has 0 aromatic heterocycles. The van der Waals surface area contributed by atoms with Crippen LogP contribution in [0.5, 0.6) is 0 Å². The van der Waals surface area contributed by atoms with Crippen LogP contribution < -0.4 is 15.8 Å². The molecule has 2 aliphatic rings. The first kappa shape index (κ1) is 18.8. The Balaban J connectivity index is 1.36. The molecule has 0 amide bonds. The molecule has 4 rings (SSSR count). The highest BCUT2D eigenvalue weighted by Gasteiger charge is 2.31. The number of anilines is 1. The minimum absolute atomic E-state index is 0.347. The van der Waals surface area contributed by atoms with Gasteiger partial charge in [-0.2, -0.15) is 0 Å². The van der Waals surface area contributed by atoms with E-state index in [1.807, 2.05) is 12.1 Å². The first-order valence-electron chi connectivity index (χ1n) is 9.89. The highest BCUT2D eigenvalue weighted by molar-refractivity contribution is 6.30. The summed E-state index contributed by atoms with van der Waals surface area (Å²) >= 11 is 6.05. The molecular formula is C22H29ClN4. The van der Waals surface area contributed by atoms with Crippen molar-refractivity contribution in [3.05, 3.63) is 64.2 Å². The number of rotatable bonds is 4.